The highest BCUT2D eigenvalue weighted by Gasteiger charge is 2.17. The second-order valence-corrected chi connectivity index (χ2v) is 9.42. The Bertz CT molecular complexity index is 1330. The van der Waals surface area contributed by atoms with E-state index in [4.69, 9.17) is 18.9 Å². The molecule has 4 aromatic carbocycles. The molecule has 0 amide bonds. The summed E-state index contributed by atoms with van der Waals surface area (Å²) in [7, 11) is 0. The molecule has 2 heterocycles. The van der Waals surface area contributed by atoms with Gasteiger partial charge in [-0.1, -0.05) is 78.9 Å². The Labute approximate surface area is 233 Å². The number of carbonyl (C=O) groups is 2. The molecule has 0 atom stereocenters. The first-order valence-corrected chi connectivity index (χ1v) is 13.3. The number of benzene rings is 4. The van der Waals surface area contributed by atoms with Crippen molar-refractivity contribution in [1.29, 1.82) is 0 Å². The van der Waals surface area contributed by atoms with E-state index in [-0.39, 0.29) is 13.2 Å². The lowest BCUT2D eigenvalue weighted by Gasteiger charge is -2.22. The van der Waals surface area contributed by atoms with E-state index in [0.717, 1.165) is 16.7 Å². The maximum absolute atomic E-state index is 13.0. The van der Waals surface area contributed by atoms with Gasteiger partial charge in [0.2, 0.25) is 0 Å². The summed E-state index contributed by atoms with van der Waals surface area (Å²) in [6.07, 6.45) is 0. The van der Waals surface area contributed by atoms with E-state index >= 15 is 0 Å². The summed E-state index contributed by atoms with van der Waals surface area (Å²) in [4.78, 5) is 28.0. The van der Waals surface area contributed by atoms with Crippen LogP contribution in [0.3, 0.4) is 0 Å². The largest absolute Gasteiger partial charge is 0.488 e. The van der Waals surface area contributed by atoms with Crippen LogP contribution >= 0.6 is 0 Å². The highest BCUT2D eigenvalue weighted by Crippen LogP contribution is 2.23. The standard InChI is InChI=1S/C33H31NO6/c35-32-28-10-4-6-12-30(28)39-23-26-14-16-27(17-15-26)24-40-31-13-7-5-11-29(31)33(36)38-21-19-34(18-20-37-32)22-25-8-2-1-3-9-25/h1-17H,18-24H2. The van der Waals surface area contributed by atoms with Gasteiger partial charge in [0, 0.05) is 19.6 Å². The molecule has 0 saturated carbocycles. The molecular weight excluding hydrogens is 506 g/mol. The van der Waals surface area contributed by atoms with Crippen LogP contribution in [-0.2, 0) is 29.2 Å². The van der Waals surface area contributed by atoms with E-state index in [2.05, 4.69) is 4.90 Å². The molecule has 0 unspecified atom stereocenters. The minimum atomic E-state index is -0.448. The van der Waals surface area contributed by atoms with Crippen LogP contribution in [0, 0.1) is 0 Å². The smallest absolute Gasteiger partial charge is 0.341 e. The maximum atomic E-state index is 13.0. The molecule has 40 heavy (non-hydrogen) atoms. The zero-order valence-corrected chi connectivity index (χ0v) is 22.2. The lowest BCUT2D eigenvalue weighted by atomic mass is 10.1. The quantitative estimate of drug-likeness (QED) is 0.241. The number of rotatable bonds is 2. The van der Waals surface area contributed by atoms with Gasteiger partial charge in [-0.15, -0.1) is 0 Å². The topological polar surface area (TPSA) is 74.3 Å². The van der Waals surface area contributed by atoms with Crippen molar-refractivity contribution < 1.29 is 28.5 Å². The molecule has 0 saturated heterocycles. The van der Waals surface area contributed by atoms with Crippen molar-refractivity contribution in [2.24, 2.45) is 0 Å². The number of fused-ring (bicyclic) bond motifs is 12. The van der Waals surface area contributed by atoms with Crippen molar-refractivity contribution in [2.75, 3.05) is 26.3 Å². The average Bonchev–Trinajstić information content (AvgIpc) is 2.99. The second kappa shape index (κ2) is 13.4. The van der Waals surface area contributed by atoms with Crippen LogP contribution in [0.4, 0.5) is 0 Å². The highest BCUT2D eigenvalue weighted by molar-refractivity contribution is 5.93. The van der Waals surface area contributed by atoms with Crippen molar-refractivity contribution >= 4 is 11.9 Å². The summed E-state index contributed by atoms with van der Waals surface area (Å²) in [5.74, 6) is 0.0410. The molecule has 0 N–H and O–H groups in total. The SMILES string of the molecule is O=C1OCCN(Cc2ccccc2)CCOC(=O)c2ccccc2OCc2ccc(cc2)COc2ccccc21. The summed E-state index contributed by atoms with van der Waals surface area (Å²) in [5, 5.41) is 0. The van der Waals surface area contributed by atoms with E-state index in [9.17, 15) is 9.59 Å². The van der Waals surface area contributed by atoms with Crippen molar-refractivity contribution in [2.45, 2.75) is 19.8 Å². The molecule has 7 nitrogen and oxygen atoms in total. The van der Waals surface area contributed by atoms with E-state index in [1.807, 2.05) is 66.7 Å². The second-order valence-electron chi connectivity index (χ2n) is 9.42. The van der Waals surface area contributed by atoms with Gasteiger partial charge in [-0.3, -0.25) is 4.90 Å². The number of hydrogen-bond donors (Lipinski definition) is 0. The van der Waals surface area contributed by atoms with Crippen LogP contribution in [0.2, 0.25) is 0 Å². The average molecular weight is 538 g/mol. The van der Waals surface area contributed by atoms with Crippen molar-refractivity contribution in [3.8, 4) is 11.5 Å². The third-order valence-corrected chi connectivity index (χ3v) is 6.56. The van der Waals surface area contributed by atoms with Gasteiger partial charge in [0.05, 0.1) is 0 Å². The summed E-state index contributed by atoms with van der Waals surface area (Å²) < 4.78 is 23.3. The third-order valence-electron chi connectivity index (χ3n) is 6.56. The molecule has 4 aromatic rings. The van der Waals surface area contributed by atoms with Gasteiger partial charge in [0.15, 0.2) is 0 Å². The predicted octanol–water partition coefficient (Wildman–Crippen LogP) is 5.67. The fraction of sp³-hybridized carbons (Fsp3) is 0.212. The number of hydrogen-bond acceptors (Lipinski definition) is 7. The highest BCUT2D eigenvalue weighted by atomic mass is 16.5. The van der Waals surface area contributed by atoms with Gasteiger partial charge in [-0.2, -0.15) is 0 Å². The van der Waals surface area contributed by atoms with Crippen LogP contribution in [0.25, 0.3) is 0 Å². The van der Waals surface area contributed by atoms with Crippen LogP contribution < -0.4 is 9.47 Å². The monoisotopic (exact) mass is 537 g/mol. The van der Waals surface area contributed by atoms with Gasteiger partial charge < -0.3 is 18.9 Å². The minimum absolute atomic E-state index is 0.173. The van der Waals surface area contributed by atoms with Gasteiger partial charge in [-0.05, 0) is 41.0 Å². The Morgan fingerprint density at radius 1 is 0.525 bits per heavy atom. The van der Waals surface area contributed by atoms with Crippen molar-refractivity contribution in [1.82, 2.24) is 4.90 Å². The van der Waals surface area contributed by atoms with E-state index in [1.165, 1.54) is 0 Å². The number of nitrogens with zero attached hydrogens (tertiary/aromatic N) is 1. The van der Waals surface area contributed by atoms with Crippen LogP contribution in [0.1, 0.15) is 37.4 Å². The zero-order valence-electron chi connectivity index (χ0n) is 22.2. The van der Waals surface area contributed by atoms with Gasteiger partial charge in [-0.25, -0.2) is 9.59 Å². The molecule has 6 rings (SSSR count). The molecule has 0 spiro atoms. The third kappa shape index (κ3) is 7.27. The molecule has 0 aromatic heterocycles. The summed E-state index contributed by atoms with van der Waals surface area (Å²) in [6, 6.07) is 31.9. The molecule has 0 fully saturated rings. The molecule has 7 heteroatoms. The van der Waals surface area contributed by atoms with E-state index < -0.39 is 11.9 Å². The van der Waals surface area contributed by atoms with E-state index in [1.54, 1.807) is 36.4 Å². The molecular formula is C33H31NO6. The fourth-order valence-electron chi connectivity index (χ4n) is 4.38. The molecule has 204 valence electrons. The van der Waals surface area contributed by atoms with Gasteiger partial charge in [0.25, 0.3) is 0 Å². The Morgan fingerprint density at radius 3 is 1.48 bits per heavy atom. The maximum Gasteiger partial charge on any atom is 0.341 e. The van der Waals surface area contributed by atoms with E-state index in [0.29, 0.717) is 55.5 Å². The summed E-state index contributed by atoms with van der Waals surface area (Å²) in [5.41, 5.74) is 3.74. The van der Waals surface area contributed by atoms with Gasteiger partial charge in [0.1, 0.15) is 49.1 Å². The molecule has 2 bridgehead atoms. The Morgan fingerprint density at radius 2 is 0.975 bits per heavy atom. The number of ether oxygens (including phenoxy) is 4. The molecule has 2 aliphatic heterocycles. The predicted molar refractivity (Wildman–Crippen MR) is 150 cm³/mol. The lowest BCUT2D eigenvalue weighted by molar-refractivity contribution is 0.0385. The Balaban J connectivity index is 1.36. The number of carbonyl (C=O) groups excluding carboxylic acids is 2. The molecule has 0 radical (unpaired) electrons. The first-order chi connectivity index (χ1) is 19.7. The zero-order chi connectivity index (χ0) is 27.6. The fourth-order valence-corrected chi connectivity index (χ4v) is 4.38. The Hall–Kier alpha value is -4.62. The first kappa shape index (κ1) is 27.0. The summed E-state index contributed by atoms with van der Waals surface area (Å²) >= 11 is 0. The molecule has 2 aliphatic rings. The van der Waals surface area contributed by atoms with Gasteiger partial charge >= 0.3 is 11.9 Å². The first-order valence-electron chi connectivity index (χ1n) is 13.3. The Kier molecular flexibility index (Phi) is 9.06. The van der Waals surface area contributed by atoms with Crippen LogP contribution in [0.15, 0.2) is 103 Å². The van der Waals surface area contributed by atoms with Crippen molar-refractivity contribution in [3.63, 3.8) is 0 Å². The summed E-state index contributed by atoms with van der Waals surface area (Å²) in [6.45, 7) is 2.49. The number of para-hydroxylation sites is 2. The van der Waals surface area contributed by atoms with Crippen LogP contribution in [0.5, 0.6) is 11.5 Å². The lowest BCUT2D eigenvalue weighted by Crippen LogP contribution is -2.32. The normalized spacial score (nSPS) is 15.3. The molecule has 0 aliphatic carbocycles. The van der Waals surface area contributed by atoms with Crippen LogP contribution in [-0.4, -0.2) is 43.1 Å². The number of esters is 2. The van der Waals surface area contributed by atoms with Crippen molar-refractivity contribution in [3.05, 3.63) is 131 Å². The minimum Gasteiger partial charge on any atom is -0.488 e.